The summed E-state index contributed by atoms with van der Waals surface area (Å²) >= 11 is 0. The zero-order valence-electron chi connectivity index (χ0n) is 18.5. The van der Waals surface area contributed by atoms with Gasteiger partial charge in [0, 0.05) is 11.6 Å². The van der Waals surface area contributed by atoms with E-state index in [1.165, 1.54) is 30.0 Å². The predicted octanol–water partition coefficient (Wildman–Crippen LogP) is 5.43. The minimum atomic E-state index is -4.37. The third-order valence-corrected chi connectivity index (χ3v) is 6.64. The summed E-state index contributed by atoms with van der Waals surface area (Å²) in [7, 11) is 0. The van der Waals surface area contributed by atoms with Gasteiger partial charge in [0.25, 0.3) is 0 Å². The van der Waals surface area contributed by atoms with Crippen LogP contribution in [0.4, 0.5) is 13.2 Å². The number of alkyl halides is 3. The van der Waals surface area contributed by atoms with E-state index in [9.17, 15) is 13.2 Å². The first-order valence-corrected chi connectivity index (χ1v) is 11.7. The van der Waals surface area contributed by atoms with Crippen molar-refractivity contribution in [2.45, 2.75) is 37.9 Å². The van der Waals surface area contributed by atoms with Crippen LogP contribution in [0.15, 0.2) is 48.7 Å². The molecule has 3 aromatic heterocycles. The van der Waals surface area contributed by atoms with Gasteiger partial charge in [0.05, 0.1) is 6.61 Å². The van der Waals surface area contributed by atoms with Gasteiger partial charge >= 0.3 is 6.18 Å². The van der Waals surface area contributed by atoms with E-state index < -0.39 is 12.2 Å². The normalized spacial score (nSPS) is 18.1. The summed E-state index contributed by atoms with van der Waals surface area (Å²) in [5, 5.41) is 9.36. The summed E-state index contributed by atoms with van der Waals surface area (Å²) < 4.78 is 49.8. The molecule has 1 saturated heterocycles. The van der Waals surface area contributed by atoms with Crippen molar-refractivity contribution in [3.63, 3.8) is 0 Å². The second kappa shape index (κ2) is 8.23. The molecule has 2 fully saturated rings. The Kier molecular flexibility index (Phi) is 5.17. The van der Waals surface area contributed by atoms with Crippen LogP contribution in [0.2, 0.25) is 0 Å². The molecule has 0 spiro atoms. The number of hydrogen-bond donors (Lipinski definition) is 0. The third-order valence-electron chi connectivity index (χ3n) is 6.64. The van der Waals surface area contributed by atoms with Gasteiger partial charge in [-0.25, -0.2) is 4.98 Å². The minimum Gasteiger partial charge on any atom is -0.491 e. The topological polar surface area (TPSA) is 55.6 Å². The van der Waals surface area contributed by atoms with Crippen LogP contribution < -0.4 is 4.74 Å². The van der Waals surface area contributed by atoms with Gasteiger partial charge in [-0.05, 0) is 68.5 Å². The molecule has 34 heavy (non-hydrogen) atoms. The summed E-state index contributed by atoms with van der Waals surface area (Å²) in [4.78, 5) is 6.29. The van der Waals surface area contributed by atoms with Crippen LogP contribution in [-0.2, 0) is 0 Å². The first-order valence-electron chi connectivity index (χ1n) is 11.7. The van der Waals surface area contributed by atoms with E-state index in [0.717, 1.165) is 18.2 Å². The summed E-state index contributed by atoms with van der Waals surface area (Å²) in [6.45, 7) is 1.54. The first-order chi connectivity index (χ1) is 16.5. The first kappa shape index (κ1) is 21.3. The van der Waals surface area contributed by atoms with Crippen molar-refractivity contribution in [2.75, 3.05) is 19.7 Å². The van der Waals surface area contributed by atoms with Gasteiger partial charge in [0.15, 0.2) is 11.5 Å². The van der Waals surface area contributed by atoms with Crippen molar-refractivity contribution in [1.29, 1.82) is 0 Å². The number of para-hydroxylation sites is 1. The molecule has 0 bridgehead atoms. The van der Waals surface area contributed by atoms with Gasteiger partial charge in [-0.2, -0.15) is 13.2 Å². The lowest BCUT2D eigenvalue weighted by Gasteiger charge is -2.29. The number of nitrogens with zero attached hydrogens (tertiary/aromatic N) is 5. The molecule has 0 N–H and O–H groups in total. The van der Waals surface area contributed by atoms with E-state index in [4.69, 9.17) is 9.72 Å². The van der Waals surface area contributed by atoms with Crippen LogP contribution in [0, 0.1) is 5.92 Å². The molecular formula is C25H24F3N5O. The Morgan fingerprint density at radius 1 is 1.00 bits per heavy atom. The fourth-order valence-electron chi connectivity index (χ4n) is 4.70. The molecule has 0 unspecified atom stereocenters. The van der Waals surface area contributed by atoms with Gasteiger partial charge in [-0.3, -0.25) is 9.30 Å². The number of fused-ring (bicyclic) bond motifs is 2. The molecule has 9 heteroatoms. The van der Waals surface area contributed by atoms with Crippen LogP contribution in [0.25, 0.3) is 28.1 Å². The van der Waals surface area contributed by atoms with Crippen molar-refractivity contribution in [1.82, 2.24) is 24.5 Å². The SMILES string of the molecule is FC(F)(F)[C@@H](c1ccc2nnc(-c3ccc4cccc(OCC5CC5)c4n3)n2c1)N1CCCC1. The molecule has 4 heterocycles. The number of halogens is 3. The Bertz CT molecular complexity index is 1340. The Morgan fingerprint density at radius 2 is 1.82 bits per heavy atom. The van der Waals surface area contributed by atoms with E-state index >= 15 is 0 Å². The quantitative estimate of drug-likeness (QED) is 0.378. The van der Waals surface area contributed by atoms with Gasteiger partial charge in [-0.15, -0.1) is 10.2 Å². The summed E-state index contributed by atoms with van der Waals surface area (Å²) in [6, 6.07) is 11.0. The van der Waals surface area contributed by atoms with Crippen molar-refractivity contribution in [3.8, 4) is 17.3 Å². The smallest absolute Gasteiger partial charge is 0.408 e. The molecule has 1 aromatic carbocycles. The Hall–Kier alpha value is -3.20. The Balaban J connectivity index is 1.41. The lowest BCUT2D eigenvalue weighted by molar-refractivity contribution is -0.183. The maximum atomic E-state index is 14.1. The highest BCUT2D eigenvalue weighted by Gasteiger charge is 2.45. The van der Waals surface area contributed by atoms with E-state index in [1.54, 1.807) is 10.5 Å². The largest absolute Gasteiger partial charge is 0.491 e. The average molecular weight is 467 g/mol. The standard InChI is InChI=1S/C25H24F3N5O/c26-25(27,28)23(32-12-1-2-13-32)18-9-11-21-30-31-24(33(21)14-18)19-10-8-17-4-3-5-20(22(17)29-19)34-15-16-6-7-16/h3-5,8-11,14,16,23H,1-2,6-7,12-13,15H2/t23-/m1/s1. The van der Waals surface area contributed by atoms with Crippen LogP contribution in [0.3, 0.4) is 0 Å². The molecule has 1 aliphatic heterocycles. The van der Waals surface area contributed by atoms with Crippen molar-refractivity contribution in [3.05, 3.63) is 54.2 Å². The third kappa shape index (κ3) is 3.98. The molecule has 0 radical (unpaired) electrons. The molecule has 6 rings (SSSR count). The molecular weight excluding hydrogens is 443 g/mol. The zero-order chi connectivity index (χ0) is 23.3. The fourth-order valence-corrected chi connectivity index (χ4v) is 4.70. The van der Waals surface area contributed by atoms with Crippen LogP contribution in [0.5, 0.6) is 5.75 Å². The maximum Gasteiger partial charge on any atom is 0.408 e. The second-order valence-corrected chi connectivity index (χ2v) is 9.18. The van der Waals surface area contributed by atoms with Crippen molar-refractivity contribution < 1.29 is 17.9 Å². The number of benzene rings is 1. The highest BCUT2D eigenvalue weighted by Crippen LogP contribution is 2.40. The lowest BCUT2D eigenvalue weighted by Crippen LogP contribution is -2.36. The molecule has 1 atom stereocenters. The number of rotatable bonds is 6. The van der Waals surface area contributed by atoms with E-state index in [1.807, 2.05) is 30.3 Å². The molecule has 1 saturated carbocycles. The van der Waals surface area contributed by atoms with E-state index in [2.05, 4.69) is 10.2 Å². The molecule has 1 aliphatic carbocycles. The number of likely N-dealkylation sites (tertiary alicyclic amines) is 1. The number of hydrogen-bond acceptors (Lipinski definition) is 5. The van der Waals surface area contributed by atoms with Gasteiger partial charge in [-0.1, -0.05) is 24.3 Å². The highest BCUT2D eigenvalue weighted by atomic mass is 19.4. The van der Waals surface area contributed by atoms with Crippen LogP contribution in [-0.4, -0.2) is 50.4 Å². The van der Waals surface area contributed by atoms with Crippen molar-refractivity contribution >= 4 is 16.6 Å². The minimum absolute atomic E-state index is 0.178. The summed E-state index contributed by atoms with van der Waals surface area (Å²) in [5.41, 5.74) is 1.89. The summed E-state index contributed by atoms with van der Waals surface area (Å²) in [6.07, 6.45) is 1.06. The number of aromatic nitrogens is 4. The van der Waals surface area contributed by atoms with Crippen molar-refractivity contribution in [2.24, 2.45) is 5.92 Å². The van der Waals surface area contributed by atoms with Gasteiger partial charge < -0.3 is 4.74 Å². The lowest BCUT2D eigenvalue weighted by atomic mass is 10.1. The number of ether oxygens (including phenoxy) is 1. The van der Waals surface area contributed by atoms with E-state index in [-0.39, 0.29) is 5.56 Å². The van der Waals surface area contributed by atoms with Crippen LogP contribution >= 0.6 is 0 Å². The Labute approximate surface area is 194 Å². The maximum absolute atomic E-state index is 14.1. The summed E-state index contributed by atoms with van der Waals surface area (Å²) in [5.74, 6) is 1.71. The highest BCUT2D eigenvalue weighted by molar-refractivity contribution is 5.86. The monoisotopic (exact) mass is 467 g/mol. The molecule has 176 valence electrons. The molecule has 0 amide bonds. The fraction of sp³-hybridized carbons (Fsp3) is 0.400. The molecule has 4 aromatic rings. The second-order valence-electron chi connectivity index (χ2n) is 9.18. The van der Waals surface area contributed by atoms with Gasteiger partial charge in [0.1, 0.15) is 23.0 Å². The van der Waals surface area contributed by atoms with Gasteiger partial charge in [0.2, 0.25) is 0 Å². The predicted molar refractivity (Wildman–Crippen MR) is 122 cm³/mol. The average Bonchev–Trinajstić information content (AvgIpc) is 3.32. The molecule has 2 aliphatic rings. The number of pyridine rings is 2. The zero-order valence-corrected chi connectivity index (χ0v) is 18.5. The van der Waals surface area contributed by atoms with E-state index in [0.29, 0.717) is 54.0 Å². The Morgan fingerprint density at radius 3 is 2.59 bits per heavy atom. The molecule has 6 nitrogen and oxygen atoms in total. The van der Waals surface area contributed by atoms with Crippen LogP contribution in [0.1, 0.15) is 37.3 Å².